The van der Waals surface area contributed by atoms with Crippen molar-refractivity contribution in [3.63, 3.8) is 0 Å². The van der Waals surface area contributed by atoms with E-state index in [0.717, 1.165) is 4.57 Å². The molecule has 0 fully saturated rings. The lowest BCUT2D eigenvalue weighted by Crippen LogP contribution is -2.39. The van der Waals surface area contributed by atoms with E-state index < -0.39 is 11.2 Å². The summed E-state index contributed by atoms with van der Waals surface area (Å²) in [4.78, 5) is 22.6. The number of nitrogens with zero attached hydrogens (tertiary/aromatic N) is 3. The van der Waals surface area contributed by atoms with Crippen molar-refractivity contribution in [2.24, 2.45) is 14.1 Å². The predicted molar refractivity (Wildman–Crippen MR) is 46.4 cm³/mol. The Morgan fingerprint density at radius 3 is 2.23 bits per heavy atom. The highest BCUT2D eigenvalue weighted by molar-refractivity contribution is 5.30. The summed E-state index contributed by atoms with van der Waals surface area (Å²) in [6.45, 7) is 1.57. The second-order valence-electron chi connectivity index (χ2n) is 2.78. The Balaban J connectivity index is 3.92. The van der Waals surface area contributed by atoms with Crippen LogP contribution < -0.4 is 11.2 Å². The Kier molecular flexibility index (Phi) is 2.07. The van der Waals surface area contributed by atoms with Crippen LogP contribution in [0.4, 0.5) is 0 Å². The summed E-state index contributed by atoms with van der Waals surface area (Å²) in [6, 6.07) is 1.78. The molecule has 0 aromatic carbocycles. The molecular formula is C8H9N3O2. The maximum absolute atomic E-state index is 11.3. The van der Waals surface area contributed by atoms with Crippen LogP contribution in [0.1, 0.15) is 11.3 Å². The molecule has 0 unspecified atom stereocenters. The molecule has 1 rings (SSSR count). The van der Waals surface area contributed by atoms with Gasteiger partial charge in [0.2, 0.25) is 0 Å². The van der Waals surface area contributed by atoms with Crippen LogP contribution in [0.2, 0.25) is 0 Å². The molecule has 0 saturated carbocycles. The predicted octanol–water partition coefficient (Wildman–Crippen LogP) is -0.736. The minimum Gasteiger partial charge on any atom is -0.300 e. The fraction of sp³-hybridized carbons (Fsp3) is 0.375. The van der Waals surface area contributed by atoms with Gasteiger partial charge < -0.3 is 0 Å². The van der Waals surface area contributed by atoms with Crippen LogP contribution in [0, 0.1) is 18.3 Å². The van der Waals surface area contributed by atoms with Crippen LogP contribution in [-0.2, 0) is 14.1 Å². The van der Waals surface area contributed by atoms with E-state index in [-0.39, 0.29) is 5.56 Å². The lowest BCUT2D eigenvalue weighted by Gasteiger charge is -2.06. The Morgan fingerprint density at radius 1 is 1.23 bits per heavy atom. The maximum atomic E-state index is 11.3. The summed E-state index contributed by atoms with van der Waals surface area (Å²) < 4.78 is 2.20. The van der Waals surface area contributed by atoms with Crippen molar-refractivity contribution >= 4 is 0 Å². The molecule has 0 atom stereocenters. The molecule has 5 heteroatoms. The molecule has 1 aromatic heterocycles. The van der Waals surface area contributed by atoms with Crippen molar-refractivity contribution in [1.29, 1.82) is 5.26 Å². The zero-order chi connectivity index (χ0) is 10.2. The van der Waals surface area contributed by atoms with Gasteiger partial charge >= 0.3 is 5.69 Å². The van der Waals surface area contributed by atoms with Crippen molar-refractivity contribution in [3.8, 4) is 6.07 Å². The first-order valence-electron chi connectivity index (χ1n) is 3.67. The molecule has 1 heterocycles. The van der Waals surface area contributed by atoms with E-state index in [0.29, 0.717) is 5.69 Å². The third-order valence-electron chi connectivity index (χ3n) is 2.07. The molecule has 68 valence electrons. The monoisotopic (exact) mass is 179 g/mol. The van der Waals surface area contributed by atoms with Gasteiger partial charge in [0.25, 0.3) is 5.56 Å². The molecule has 13 heavy (non-hydrogen) atoms. The minimum atomic E-state index is -0.539. The highest BCUT2D eigenvalue weighted by Crippen LogP contribution is 1.94. The Hall–Kier alpha value is -1.83. The van der Waals surface area contributed by atoms with E-state index in [1.807, 2.05) is 0 Å². The molecule has 0 spiro atoms. The van der Waals surface area contributed by atoms with Gasteiger partial charge in [-0.05, 0) is 6.92 Å². The van der Waals surface area contributed by atoms with Crippen molar-refractivity contribution < 1.29 is 0 Å². The Labute approximate surface area is 74.5 Å². The van der Waals surface area contributed by atoms with Crippen LogP contribution in [-0.4, -0.2) is 9.13 Å². The molecule has 1 aromatic rings. The fourth-order valence-electron chi connectivity index (χ4n) is 1.07. The van der Waals surface area contributed by atoms with Crippen LogP contribution in [0.3, 0.4) is 0 Å². The van der Waals surface area contributed by atoms with E-state index in [2.05, 4.69) is 0 Å². The van der Waals surface area contributed by atoms with Gasteiger partial charge in [0, 0.05) is 19.8 Å². The molecule has 0 radical (unpaired) electrons. The number of nitriles is 1. The number of hydrogen-bond donors (Lipinski definition) is 0. The van der Waals surface area contributed by atoms with Gasteiger partial charge in [-0.15, -0.1) is 0 Å². The van der Waals surface area contributed by atoms with E-state index in [1.54, 1.807) is 13.0 Å². The van der Waals surface area contributed by atoms with Gasteiger partial charge in [-0.25, -0.2) is 4.79 Å². The Bertz CT molecular complexity index is 502. The van der Waals surface area contributed by atoms with Gasteiger partial charge in [0.1, 0.15) is 11.6 Å². The molecule has 0 aliphatic carbocycles. The van der Waals surface area contributed by atoms with Gasteiger partial charge in [-0.1, -0.05) is 0 Å². The average molecular weight is 179 g/mol. The molecule has 0 aliphatic heterocycles. The number of rotatable bonds is 0. The fourth-order valence-corrected chi connectivity index (χ4v) is 1.07. The normalized spacial score (nSPS) is 9.69. The standard InChI is InChI=1S/C8H9N3O2/c1-5-6(4-9)7(12)11(3)8(13)10(5)2/h1-3H3. The largest absolute Gasteiger partial charge is 0.330 e. The molecule has 0 bridgehead atoms. The van der Waals surface area contributed by atoms with Gasteiger partial charge in [0.15, 0.2) is 0 Å². The quantitative estimate of drug-likeness (QED) is 0.527. The molecule has 0 N–H and O–H groups in total. The third kappa shape index (κ3) is 1.16. The zero-order valence-electron chi connectivity index (χ0n) is 7.66. The summed E-state index contributed by atoms with van der Waals surface area (Å²) in [5.41, 5.74) is -0.537. The van der Waals surface area contributed by atoms with Gasteiger partial charge in [-0.2, -0.15) is 5.26 Å². The first kappa shape index (κ1) is 9.26. The van der Waals surface area contributed by atoms with Crippen molar-refractivity contribution in [2.45, 2.75) is 6.92 Å². The summed E-state index contributed by atoms with van der Waals surface area (Å²) in [5, 5.41) is 8.66. The van der Waals surface area contributed by atoms with Crippen LogP contribution in [0.25, 0.3) is 0 Å². The van der Waals surface area contributed by atoms with Crippen molar-refractivity contribution in [3.05, 3.63) is 32.1 Å². The third-order valence-corrected chi connectivity index (χ3v) is 2.07. The van der Waals surface area contributed by atoms with Gasteiger partial charge in [-0.3, -0.25) is 13.9 Å². The molecule has 0 saturated heterocycles. The zero-order valence-corrected chi connectivity index (χ0v) is 7.66. The minimum absolute atomic E-state index is 0.0181. The second kappa shape index (κ2) is 2.90. The lowest BCUT2D eigenvalue weighted by molar-refractivity contribution is 0.663. The Morgan fingerprint density at radius 2 is 1.77 bits per heavy atom. The first-order chi connectivity index (χ1) is 6.00. The summed E-state index contributed by atoms with van der Waals surface area (Å²) >= 11 is 0. The maximum Gasteiger partial charge on any atom is 0.330 e. The summed E-state index contributed by atoms with van der Waals surface area (Å²) in [7, 11) is 2.88. The van der Waals surface area contributed by atoms with Crippen LogP contribution >= 0.6 is 0 Å². The number of aromatic nitrogens is 2. The topological polar surface area (TPSA) is 67.8 Å². The highest BCUT2D eigenvalue weighted by Gasteiger charge is 2.10. The molecular weight excluding hydrogens is 170 g/mol. The SMILES string of the molecule is Cc1c(C#N)c(=O)n(C)c(=O)n1C. The lowest BCUT2D eigenvalue weighted by atomic mass is 10.2. The van der Waals surface area contributed by atoms with E-state index >= 15 is 0 Å². The van der Waals surface area contributed by atoms with E-state index in [9.17, 15) is 9.59 Å². The average Bonchev–Trinajstić information content (AvgIpc) is 2.13. The summed E-state index contributed by atoms with van der Waals surface area (Å²) in [6.07, 6.45) is 0. The van der Waals surface area contributed by atoms with E-state index in [4.69, 9.17) is 5.26 Å². The van der Waals surface area contributed by atoms with Crippen molar-refractivity contribution in [2.75, 3.05) is 0 Å². The smallest absolute Gasteiger partial charge is 0.300 e. The molecule has 0 amide bonds. The molecule has 0 aliphatic rings. The van der Waals surface area contributed by atoms with Gasteiger partial charge in [0.05, 0.1) is 0 Å². The number of hydrogen-bond acceptors (Lipinski definition) is 3. The highest BCUT2D eigenvalue weighted by atomic mass is 16.2. The summed E-state index contributed by atoms with van der Waals surface area (Å²) in [5.74, 6) is 0. The first-order valence-corrected chi connectivity index (χ1v) is 3.67. The van der Waals surface area contributed by atoms with E-state index in [1.165, 1.54) is 18.7 Å². The second-order valence-corrected chi connectivity index (χ2v) is 2.78. The van der Waals surface area contributed by atoms with Crippen LogP contribution in [0.5, 0.6) is 0 Å². The van der Waals surface area contributed by atoms with Crippen molar-refractivity contribution in [1.82, 2.24) is 9.13 Å². The van der Waals surface area contributed by atoms with Crippen LogP contribution in [0.15, 0.2) is 9.59 Å². The molecule has 5 nitrogen and oxygen atoms in total.